The Labute approximate surface area is 183 Å². The standard InChI is InChI=1S/C21H27FN4O.HI/c1-23-21(25-15-18-5-3-7-20(22)13-18)24-14-17-4-2-6-19(12-17)16-26-8-10-27-11-9-26;/h2-7,12-13H,8-11,14-16H2,1H3,(H2,23,24,25);1H. The van der Waals surface area contributed by atoms with E-state index in [0.717, 1.165) is 38.4 Å². The van der Waals surface area contributed by atoms with Gasteiger partial charge in [0.2, 0.25) is 0 Å². The van der Waals surface area contributed by atoms with Crippen LogP contribution in [0.15, 0.2) is 53.5 Å². The maximum Gasteiger partial charge on any atom is 0.191 e. The van der Waals surface area contributed by atoms with Crippen LogP contribution >= 0.6 is 24.0 Å². The molecule has 1 fully saturated rings. The Morgan fingerprint density at radius 2 is 1.61 bits per heavy atom. The molecule has 2 aromatic rings. The molecule has 0 bridgehead atoms. The first-order valence-electron chi connectivity index (χ1n) is 9.30. The van der Waals surface area contributed by atoms with Gasteiger partial charge in [-0.15, -0.1) is 24.0 Å². The second kappa shape index (κ2) is 12.0. The molecule has 28 heavy (non-hydrogen) atoms. The van der Waals surface area contributed by atoms with Crippen molar-refractivity contribution in [2.45, 2.75) is 19.6 Å². The first-order valence-corrected chi connectivity index (χ1v) is 9.30. The molecule has 1 aliphatic heterocycles. The van der Waals surface area contributed by atoms with E-state index in [1.807, 2.05) is 6.07 Å². The molecule has 1 aliphatic rings. The number of ether oxygens (including phenoxy) is 1. The molecule has 0 unspecified atom stereocenters. The van der Waals surface area contributed by atoms with E-state index in [1.54, 1.807) is 13.1 Å². The Hall–Kier alpha value is -1.71. The van der Waals surface area contributed by atoms with Gasteiger partial charge in [0.15, 0.2) is 5.96 Å². The van der Waals surface area contributed by atoms with Crippen LogP contribution in [0.2, 0.25) is 0 Å². The van der Waals surface area contributed by atoms with Gasteiger partial charge in [0.05, 0.1) is 13.2 Å². The number of nitrogens with zero attached hydrogens (tertiary/aromatic N) is 2. The molecule has 7 heteroatoms. The van der Waals surface area contributed by atoms with E-state index in [2.05, 4.69) is 44.8 Å². The number of benzene rings is 2. The van der Waals surface area contributed by atoms with E-state index < -0.39 is 0 Å². The fourth-order valence-electron chi connectivity index (χ4n) is 3.09. The fourth-order valence-corrected chi connectivity index (χ4v) is 3.09. The molecule has 2 aromatic carbocycles. The van der Waals surface area contributed by atoms with Crippen LogP contribution in [-0.2, 0) is 24.4 Å². The summed E-state index contributed by atoms with van der Waals surface area (Å²) in [6.45, 7) is 5.75. The summed E-state index contributed by atoms with van der Waals surface area (Å²) in [6.07, 6.45) is 0. The summed E-state index contributed by atoms with van der Waals surface area (Å²) in [5, 5.41) is 6.53. The summed E-state index contributed by atoms with van der Waals surface area (Å²) in [7, 11) is 1.73. The highest BCUT2D eigenvalue weighted by atomic mass is 127. The van der Waals surface area contributed by atoms with Gasteiger partial charge in [-0.25, -0.2) is 4.39 Å². The molecule has 0 amide bonds. The van der Waals surface area contributed by atoms with Crippen LogP contribution in [0.5, 0.6) is 0 Å². The van der Waals surface area contributed by atoms with Crippen LogP contribution in [0.4, 0.5) is 4.39 Å². The average molecular weight is 498 g/mol. The van der Waals surface area contributed by atoms with Crippen molar-refractivity contribution in [3.8, 4) is 0 Å². The SMILES string of the molecule is CN=C(NCc1cccc(F)c1)NCc1cccc(CN2CCOCC2)c1.I. The number of halogens is 2. The Bertz CT molecular complexity index is 766. The Balaban J connectivity index is 0.00000280. The molecule has 0 radical (unpaired) electrons. The first kappa shape index (κ1) is 22.6. The summed E-state index contributed by atoms with van der Waals surface area (Å²) >= 11 is 0. The van der Waals surface area contributed by atoms with Crippen LogP contribution < -0.4 is 10.6 Å². The van der Waals surface area contributed by atoms with Crippen molar-refractivity contribution in [1.29, 1.82) is 0 Å². The van der Waals surface area contributed by atoms with E-state index >= 15 is 0 Å². The lowest BCUT2D eigenvalue weighted by molar-refractivity contribution is 0.0342. The second-order valence-electron chi connectivity index (χ2n) is 6.62. The molecule has 0 atom stereocenters. The number of aliphatic imine (C=N–C) groups is 1. The van der Waals surface area contributed by atoms with Crippen molar-refractivity contribution in [3.63, 3.8) is 0 Å². The zero-order valence-electron chi connectivity index (χ0n) is 16.2. The third-order valence-corrected chi connectivity index (χ3v) is 4.53. The molecule has 2 N–H and O–H groups in total. The normalized spacial score (nSPS) is 15.0. The van der Waals surface area contributed by atoms with Crippen LogP contribution in [0.25, 0.3) is 0 Å². The number of guanidine groups is 1. The highest BCUT2D eigenvalue weighted by Gasteiger charge is 2.10. The van der Waals surface area contributed by atoms with Crippen LogP contribution in [-0.4, -0.2) is 44.2 Å². The van der Waals surface area contributed by atoms with Crippen LogP contribution in [0, 0.1) is 5.82 Å². The Kier molecular flexibility index (Phi) is 9.66. The molecule has 0 spiro atoms. The topological polar surface area (TPSA) is 48.9 Å². The second-order valence-corrected chi connectivity index (χ2v) is 6.62. The number of morpholine rings is 1. The summed E-state index contributed by atoms with van der Waals surface area (Å²) in [5.74, 6) is 0.465. The zero-order valence-corrected chi connectivity index (χ0v) is 18.5. The first-order chi connectivity index (χ1) is 13.2. The predicted molar refractivity (Wildman–Crippen MR) is 121 cm³/mol. The largest absolute Gasteiger partial charge is 0.379 e. The van der Waals surface area contributed by atoms with Crippen molar-refractivity contribution in [1.82, 2.24) is 15.5 Å². The maximum absolute atomic E-state index is 13.3. The molecule has 0 aliphatic carbocycles. The van der Waals surface area contributed by atoms with E-state index in [0.29, 0.717) is 19.0 Å². The van der Waals surface area contributed by atoms with E-state index in [-0.39, 0.29) is 29.8 Å². The van der Waals surface area contributed by atoms with Crippen LogP contribution in [0.1, 0.15) is 16.7 Å². The zero-order chi connectivity index (χ0) is 18.9. The summed E-state index contributed by atoms with van der Waals surface area (Å²) in [6, 6.07) is 15.2. The number of nitrogens with one attached hydrogen (secondary N) is 2. The molecule has 0 saturated carbocycles. The monoisotopic (exact) mass is 498 g/mol. The minimum atomic E-state index is -0.227. The number of rotatable bonds is 6. The predicted octanol–water partition coefficient (Wildman–Crippen LogP) is 3.14. The minimum absolute atomic E-state index is 0. The maximum atomic E-state index is 13.3. The van der Waals surface area contributed by atoms with Gasteiger partial charge in [-0.1, -0.05) is 36.4 Å². The molecule has 1 heterocycles. The smallest absolute Gasteiger partial charge is 0.191 e. The van der Waals surface area contributed by atoms with Gasteiger partial charge in [0.25, 0.3) is 0 Å². The van der Waals surface area contributed by atoms with Gasteiger partial charge in [0.1, 0.15) is 5.82 Å². The van der Waals surface area contributed by atoms with Gasteiger partial charge in [0, 0.05) is 39.8 Å². The van der Waals surface area contributed by atoms with Crippen molar-refractivity contribution in [2.75, 3.05) is 33.4 Å². The summed E-state index contributed by atoms with van der Waals surface area (Å²) in [4.78, 5) is 6.65. The Morgan fingerprint density at radius 1 is 1.00 bits per heavy atom. The Morgan fingerprint density at radius 3 is 2.25 bits per heavy atom. The van der Waals surface area contributed by atoms with E-state index in [9.17, 15) is 4.39 Å². The summed E-state index contributed by atoms with van der Waals surface area (Å²) in [5.41, 5.74) is 3.39. The average Bonchev–Trinajstić information content (AvgIpc) is 2.69. The molecule has 0 aromatic heterocycles. The van der Waals surface area contributed by atoms with Crippen molar-refractivity contribution < 1.29 is 9.13 Å². The lowest BCUT2D eigenvalue weighted by atomic mass is 10.1. The minimum Gasteiger partial charge on any atom is -0.379 e. The molecule has 152 valence electrons. The number of hydrogen-bond acceptors (Lipinski definition) is 3. The quantitative estimate of drug-likeness (QED) is 0.365. The van der Waals surface area contributed by atoms with Gasteiger partial charge < -0.3 is 15.4 Å². The molecule has 5 nitrogen and oxygen atoms in total. The van der Waals surface area contributed by atoms with Gasteiger partial charge in [-0.05, 0) is 28.8 Å². The van der Waals surface area contributed by atoms with Crippen molar-refractivity contribution in [2.24, 2.45) is 4.99 Å². The van der Waals surface area contributed by atoms with E-state index in [4.69, 9.17) is 4.74 Å². The third-order valence-electron chi connectivity index (χ3n) is 4.53. The highest BCUT2D eigenvalue weighted by molar-refractivity contribution is 14.0. The lowest BCUT2D eigenvalue weighted by Crippen LogP contribution is -2.36. The van der Waals surface area contributed by atoms with Gasteiger partial charge in [-0.3, -0.25) is 9.89 Å². The lowest BCUT2D eigenvalue weighted by Gasteiger charge is -2.26. The molecular formula is C21H28FIN4O. The van der Waals surface area contributed by atoms with Crippen molar-refractivity contribution in [3.05, 3.63) is 71.0 Å². The van der Waals surface area contributed by atoms with Gasteiger partial charge >= 0.3 is 0 Å². The fraction of sp³-hybridized carbons (Fsp3) is 0.381. The highest BCUT2D eigenvalue weighted by Crippen LogP contribution is 2.10. The van der Waals surface area contributed by atoms with Gasteiger partial charge in [-0.2, -0.15) is 0 Å². The number of hydrogen-bond donors (Lipinski definition) is 2. The van der Waals surface area contributed by atoms with E-state index in [1.165, 1.54) is 23.3 Å². The summed E-state index contributed by atoms with van der Waals surface area (Å²) < 4.78 is 18.7. The molecular weight excluding hydrogens is 470 g/mol. The van der Waals surface area contributed by atoms with Crippen LogP contribution in [0.3, 0.4) is 0 Å². The van der Waals surface area contributed by atoms with Crippen molar-refractivity contribution >= 4 is 29.9 Å². The molecule has 3 rings (SSSR count). The molecule has 1 saturated heterocycles. The third kappa shape index (κ3) is 7.37.